The van der Waals surface area contributed by atoms with Crippen molar-refractivity contribution >= 4 is 22.5 Å². The van der Waals surface area contributed by atoms with E-state index in [1.165, 1.54) is 0 Å². The van der Waals surface area contributed by atoms with Crippen LogP contribution in [0.4, 0.5) is 5.95 Å². The lowest BCUT2D eigenvalue weighted by Gasteiger charge is -2.08. The van der Waals surface area contributed by atoms with Crippen molar-refractivity contribution in [2.75, 3.05) is 18.5 Å². The van der Waals surface area contributed by atoms with Crippen LogP contribution < -0.4 is 5.32 Å². The van der Waals surface area contributed by atoms with Crippen LogP contribution in [0.15, 0.2) is 49.1 Å². The average Bonchev–Trinajstić information content (AvgIpc) is 3.08. The molecular weight excluding hydrogens is 328 g/mol. The van der Waals surface area contributed by atoms with Crippen molar-refractivity contribution in [2.24, 2.45) is 0 Å². The van der Waals surface area contributed by atoms with E-state index in [9.17, 15) is 0 Å². The molecule has 3 heterocycles. The summed E-state index contributed by atoms with van der Waals surface area (Å²) in [5.41, 5.74) is 4.82. The smallest absolute Gasteiger partial charge is 0.241 e. The molecule has 4 aromatic rings. The van der Waals surface area contributed by atoms with Gasteiger partial charge in [-0.2, -0.15) is 0 Å². The molecule has 0 fully saturated rings. The van der Waals surface area contributed by atoms with Gasteiger partial charge in [0, 0.05) is 30.7 Å². The number of hydrogen-bond donors (Lipinski definition) is 1. The number of nitrogens with zero attached hydrogens (tertiary/aromatic N) is 5. The van der Waals surface area contributed by atoms with E-state index in [0.717, 1.165) is 27.7 Å². The Hall–Kier alpha value is -3.06. The van der Waals surface area contributed by atoms with E-state index >= 15 is 0 Å². The highest BCUT2D eigenvalue weighted by Crippen LogP contribution is 2.27. The Balaban J connectivity index is 1.58. The number of aromatic nitrogens is 5. The number of nitrogens with one attached hydrogen (secondary N) is 1. The second kappa shape index (κ2) is 7.05. The molecule has 0 spiro atoms. The van der Waals surface area contributed by atoms with E-state index in [4.69, 9.17) is 4.74 Å². The van der Waals surface area contributed by atoms with Gasteiger partial charge in [-0.25, -0.2) is 9.50 Å². The van der Waals surface area contributed by atoms with Gasteiger partial charge in [-0.1, -0.05) is 6.07 Å². The summed E-state index contributed by atoms with van der Waals surface area (Å²) in [5, 5.41) is 7.69. The van der Waals surface area contributed by atoms with E-state index < -0.39 is 0 Å². The molecule has 7 heteroatoms. The normalized spacial score (nSPS) is 11.5. The van der Waals surface area contributed by atoms with E-state index in [-0.39, 0.29) is 6.10 Å². The van der Waals surface area contributed by atoms with Crippen molar-refractivity contribution in [1.29, 1.82) is 0 Å². The summed E-state index contributed by atoms with van der Waals surface area (Å²) in [5.74, 6) is 0.580. The lowest BCUT2D eigenvalue weighted by molar-refractivity contribution is 0.0869. The van der Waals surface area contributed by atoms with Crippen LogP contribution in [0.1, 0.15) is 13.8 Å². The van der Waals surface area contributed by atoms with Crippen molar-refractivity contribution in [3.05, 3.63) is 49.1 Å². The standard InChI is InChI=1S/C19H20N6O/c1-13(2)26-10-8-22-19-23-12-18-15(5-9-25(18)24-19)14-3-4-16-17(11-14)21-7-6-20-16/h3-7,9,11-13H,8,10H2,1-2H3,(H,22,24). The minimum atomic E-state index is 0.221. The molecule has 0 unspecified atom stereocenters. The van der Waals surface area contributed by atoms with Crippen LogP contribution in [0, 0.1) is 0 Å². The molecule has 1 N–H and O–H groups in total. The van der Waals surface area contributed by atoms with Gasteiger partial charge < -0.3 is 10.1 Å². The summed E-state index contributed by atoms with van der Waals surface area (Å²) < 4.78 is 7.34. The zero-order valence-corrected chi connectivity index (χ0v) is 14.8. The maximum atomic E-state index is 5.51. The molecule has 0 aliphatic carbocycles. The van der Waals surface area contributed by atoms with E-state index in [2.05, 4.69) is 25.4 Å². The van der Waals surface area contributed by atoms with Gasteiger partial charge in [0.1, 0.15) is 0 Å². The van der Waals surface area contributed by atoms with Crippen molar-refractivity contribution in [2.45, 2.75) is 20.0 Å². The Morgan fingerprint density at radius 1 is 1.08 bits per heavy atom. The average molecular weight is 348 g/mol. The summed E-state index contributed by atoms with van der Waals surface area (Å²) in [6.07, 6.45) is 7.38. The zero-order valence-electron chi connectivity index (χ0n) is 14.8. The lowest BCUT2D eigenvalue weighted by Crippen LogP contribution is -2.15. The number of ether oxygens (including phenoxy) is 1. The molecule has 3 aromatic heterocycles. The number of benzene rings is 1. The van der Waals surface area contributed by atoms with Gasteiger partial charge in [0.05, 0.1) is 35.5 Å². The predicted octanol–water partition coefficient (Wildman–Crippen LogP) is 3.18. The van der Waals surface area contributed by atoms with E-state index in [0.29, 0.717) is 19.1 Å². The molecule has 1 aromatic carbocycles. The third-order valence-electron chi connectivity index (χ3n) is 4.03. The highest BCUT2D eigenvalue weighted by atomic mass is 16.5. The molecule has 0 saturated carbocycles. The number of anilines is 1. The predicted molar refractivity (Wildman–Crippen MR) is 101 cm³/mol. The molecule has 0 aliphatic heterocycles. The fourth-order valence-electron chi connectivity index (χ4n) is 2.81. The molecule has 0 radical (unpaired) electrons. The van der Waals surface area contributed by atoms with Gasteiger partial charge >= 0.3 is 0 Å². The van der Waals surface area contributed by atoms with Crippen LogP contribution in [0.2, 0.25) is 0 Å². The summed E-state index contributed by atoms with van der Waals surface area (Å²) in [7, 11) is 0. The quantitative estimate of drug-likeness (QED) is 0.539. The van der Waals surface area contributed by atoms with Crippen LogP contribution in [0.25, 0.3) is 27.7 Å². The number of fused-ring (bicyclic) bond motifs is 2. The number of rotatable bonds is 6. The number of hydrogen-bond acceptors (Lipinski definition) is 6. The Morgan fingerprint density at radius 2 is 1.92 bits per heavy atom. The first-order valence-corrected chi connectivity index (χ1v) is 8.62. The molecule has 0 saturated heterocycles. The van der Waals surface area contributed by atoms with Crippen LogP contribution in [-0.2, 0) is 4.74 Å². The lowest BCUT2D eigenvalue weighted by atomic mass is 10.1. The second-order valence-electron chi connectivity index (χ2n) is 6.25. The first-order valence-electron chi connectivity index (χ1n) is 8.62. The molecule has 0 aliphatic rings. The summed E-state index contributed by atoms with van der Waals surface area (Å²) >= 11 is 0. The summed E-state index contributed by atoms with van der Waals surface area (Å²) in [6, 6.07) is 8.09. The van der Waals surface area contributed by atoms with Gasteiger partial charge in [-0.05, 0) is 37.6 Å². The molecule has 0 bridgehead atoms. The van der Waals surface area contributed by atoms with Gasteiger partial charge in [0.25, 0.3) is 0 Å². The summed E-state index contributed by atoms with van der Waals surface area (Å²) in [6.45, 7) is 5.32. The fraction of sp³-hybridized carbons (Fsp3) is 0.263. The van der Waals surface area contributed by atoms with Crippen molar-refractivity contribution in [3.63, 3.8) is 0 Å². The summed E-state index contributed by atoms with van der Waals surface area (Å²) in [4.78, 5) is 13.1. The van der Waals surface area contributed by atoms with E-state index in [1.54, 1.807) is 12.4 Å². The maximum Gasteiger partial charge on any atom is 0.241 e. The second-order valence-corrected chi connectivity index (χ2v) is 6.25. The molecule has 0 amide bonds. The highest BCUT2D eigenvalue weighted by Gasteiger charge is 2.09. The van der Waals surface area contributed by atoms with Crippen LogP contribution in [-0.4, -0.2) is 43.8 Å². The molecule has 0 atom stereocenters. The minimum absolute atomic E-state index is 0.221. The zero-order chi connectivity index (χ0) is 17.9. The Morgan fingerprint density at radius 3 is 2.77 bits per heavy atom. The van der Waals surface area contributed by atoms with Crippen molar-refractivity contribution < 1.29 is 4.74 Å². The largest absolute Gasteiger partial charge is 0.377 e. The van der Waals surface area contributed by atoms with Gasteiger partial charge in [0.15, 0.2) is 0 Å². The van der Waals surface area contributed by atoms with Crippen molar-refractivity contribution in [3.8, 4) is 11.1 Å². The topological polar surface area (TPSA) is 77.2 Å². The Bertz CT molecular complexity index is 1040. The molecule has 4 rings (SSSR count). The fourth-order valence-corrected chi connectivity index (χ4v) is 2.81. The van der Waals surface area contributed by atoms with Crippen LogP contribution >= 0.6 is 0 Å². The van der Waals surface area contributed by atoms with Gasteiger partial charge in [0.2, 0.25) is 5.95 Å². The van der Waals surface area contributed by atoms with Gasteiger partial charge in [-0.15, -0.1) is 5.10 Å². The first kappa shape index (κ1) is 16.4. The molecular formula is C19H20N6O. The third-order valence-corrected chi connectivity index (χ3v) is 4.03. The molecule has 26 heavy (non-hydrogen) atoms. The monoisotopic (exact) mass is 348 g/mol. The maximum absolute atomic E-state index is 5.51. The minimum Gasteiger partial charge on any atom is -0.377 e. The Labute approximate surface area is 151 Å². The van der Waals surface area contributed by atoms with Crippen molar-refractivity contribution in [1.82, 2.24) is 24.6 Å². The first-order chi connectivity index (χ1) is 12.7. The van der Waals surface area contributed by atoms with Gasteiger partial charge in [-0.3, -0.25) is 9.97 Å². The Kier molecular flexibility index (Phi) is 4.45. The van der Waals surface area contributed by atoms with Crippen LogP contribution in [0.5, 0.6) is 0 Å². The SMILES string of the molecule is CC(C)OCCNc1ncc2c(-c3ccc4nccnc4c3)ccn2n1. The third kappa shape index (κ3) is 3.34. The van der Waals surface area contributed by atoms with E-state index in [1.807, 2.05) is 55.0 Å². The van der Waals surface area contributed by atoms with Crippen LogP contribution in [0.3, 0.4) is 0 Å². The molecule has 7 nitrogen and oxygen atoms in total. The highest BCUT2D eigenvalue weighted by molar-refractivity contribution is 5.86. The molecule has 132 valence electrons.